The lowest BCUT2D eigenvalue weighted by molar-refractivity contribution is 0.0957. The summed E-state index contributed by atoms with van der Waals surface area (Å²) in [4.78, 5) is 18.5. The van der Waals surface area contributed by atoms with Gasteiger partial charge in [-0.2, -0.15) is 0 Å². The molecule has 5 nitrogen and oxygen atoms in total. The predicted molar refractivity (Wildman–Crippen MR) is 75.1 cm³/mol. The molecule has 0 spiro atoms. The molecule has 1 fully saturated rings. The van der Waals surface area contributed by atoms with E-state index in [1.165, 1.54) is 30.6 Å². The van der Waals surface area contributed by atoms with Gasteiger partial charge in [-0.1, -0.05) is 24.2 Å². The Morgan fingerprint density at radius 3 is 2.83 bits per heavy atom. The van der Waals surface area contributed by atoms with Crippen LogP contribution in [0.4, 0.5) is 10.9 Å². The molecule has 1 heterocycles. The van der Waals surface area contributed by atoms with Gasteiger partial charge in [-0.3, -0.25) is 4.79 Å². The minimum Gasteiger partial charge on any atom is -0.382 e. The molecule has 3 N–H and O–H groups in total. The van der Waals surface area contributed by atoms with E-state index in [-0.39, 0.29) is 5.91 Å². The van der Waals surface area contributed by atoms with E-state index in [1.54, 1.807) is 0 Å². The molecule has 0 saturated heterocycles. The lowest BCUT2D eigenvalue weighted by Gasteiger charge is -2.05. The normalized spacial score (nSPS) is 14.6. The summed E-state index contributed by atoms with van der Waals surface area (Å²) in [5.41, 5.74) is 5.75. The Morgan fingerprint density at radius 1 is 1.56 bits per heavy atom. The third kappa shape index (κ3) is 3.35. The highest BCUT2D eigenvalue weighted by atomic mass is 32.1. The molecule has 0 aromatic carbocycles. The highest BCUT2D eigenvalue weighted by Crippen LogP contribution is 2.33. The molecule has 100 valence electrons. The summed E-state index contributed by atoms with van der Waals surface area (Å²) in [5.74, 6) is 1.13. The van der Waals surface area contributed by atoms with Crippen molar-refractivity contribution in [3.05, 3.63) is 4.88 Å². The van der Waals surface area contributed by atoms with E-state index in [0.717, 1.165) is 24.0 Å². The van der Waals surface area contributed by atoms with Crippen LogP contribution >= 0.6 is 11.3 Å². The van der Waals surface area contributed by atoms with Crippen LogP contribution in [0.2, 0.25) is 0 Å². The summed E-state index contributed by atoms with van der Waals surface area (Å²) in [6.07, 6.45) is 5.00. The second-order valence-electron chi connectivity index (χ2n) is 4.95. The van der Waals surface area contributed by atoms with Gasteiger partial charge in [-0.05, 0) is 18.8 Å². The third-order valence-electron chi connectivity index (χ3n) is 3.00. The van der Waals surface area contributed by atoms with Crippen molar-refractivity contribution in [3.8, 4) is 0 Å². The molecule has 1 aliphatic carbocycles. The van der Waals surface area contributed by atoms with Crippen molar-refractivity contribution in [2.24, 2.45) is 5.92 Å². The second-order valence-corrected chi connectivity index (χ2v) is 5.92. The van der Waals surface area contributed by atoms with Crippen LogP contribution in [0.1, 0.15) is 35.4 Å². The largest absolute Gasteiger partial charge is 0.382 e. The van der Waals surface area contributed by atoms with Gasteiger partial charge < -0.3 is 16.0 Å². The Bertz CT molecular complexity index is 426. The smallest absolute Gasteiger partial charge is 0.265 e. The van der Waals surface area contributed by atoms with Gasteiger partial charge >= 0.3 is 0 Å². The average molecular weight is 268 g/mol. The van der Waals surface area contributed by atoms with E-state index < -0.39 is 0 Å². The zero-order valence-electron chi connectivity index (χ0n) is 10.9. The number of nitrogens with zero attached hydrogens (tertiary/aromatic N) is 2. The first kappa shape index (κ1) is 13.1. The minimum atomic E-state index is -0.103. The fourth-order valence-electron chi connectivity index (χ4n) is 1.75. The molecule has 0 aliphatic heterocycles. The number of carbonyl (C=O) groups is 1. The van der Waals surface area contributed by atoms with Crippen LogP contribution in [0.5, 0.6) is 0 Å². The molecule has 0 radical (unpaired) electrons. The van der Waals surface area contributed by atoms with Gasteiger partial charge in [0.2, 0.25) is 0 Å². The number of rotatable bonds is 6. The number of nitrogens with two attached hydrogens (primary N) is 1. The number of amides is 1. The summed E-state index contributed by atoms with van der Waals surface area (Å²) >= 11 is 1.33. The van der Waals surface area contributed by atoms with Crippen molar-refractivity contribution in [2.45, 2.75) is 25.7 Å². The summed E-state index contributed by atoms with van der Waals surface area (Å²) in [7, 11) is 3.77. The average Bonchev–Trinajstić information content (AvgIpc) is 3.05. The maximum absolute atomic E-state index is 11.9. The van der Waals surface area contributed by atoms with E-state index >= 15 is 0 Å². The molecule has 0 unspecified atom stereocenters. The van der Waals surface area contributed by atoms with Crippen LogP contribution in [-0.2, 0) is 0 Å². The first-order valence-electron chi connectivity index (χ1n) is 6.29. The van der Waals surface area contributed by atoms with Crippen molar-refractivity contribution in [1.29, 1.82) is 0 Å². The fraction of sp³-hybridized carbons (Fsp3) is 0.667. The third-order valence-corrected chi connectivity index (χ3v) is 4.24. The number of thiazole rings is 1. The Morgan fingerprint density at radius 2 is 2.28 bits per heavy atom. The van der Waals surface area contributed by atoms with E-state index in [0.29, 0.717) is 10.7 Å². The lowest BCUT2D eigenvalue weighted by Crippen LogP contribution is -2.24. The van der Waals surface area contributed by atoms with Crippen LogP contribution < -0.4 is 16.0 Å². The first-order chi connectivity index (χ1) is 8.58. The lowest BCUT2D eigenvalue weighted by atomic mass is 10.2. The fourth-order valence-corrected chi connectivity index (χ4v) is 2.58. The molecule has 2 rings (SSSR count). The summed E-state index contributed by atoms with van der Waals surface area (Å²) in [6.45, 7) is 0.726. The second kappa shape index (κ2) is 5.56. The molecule has 0 bridgehead atoms. The molecule has 1 aromatic rings. The minimum absolute atomic E-state index is 0.103. The highest BCUT2D eigenvalue weighted by Gasteiger charge is 2.21. The summed E-state index contributed by atoms with van der Waals surface area (Å²) in [6, 6.07) is 0. The Labute approximate surface area is 111 Å². The van der Waals surface area contributed by atoms with Crippen LogP contribution in [0.3, 0.4) is 0 Å². The standard InChI is InChI=1S/C12H20N4OS/c1-16(2)12-15-10(13)9(18-12)11(17)14-7-3-4-8-5-6-8/h8H,3-7,13H2,1-2H3,(H,14,17). The Balaban J connectivity index is 1.83. The van der Waals surface area contributed by atoms with Gasteiger partial charge in [0, 0.05) is 20.6 Å². The molecular weight excluding hydrogens is 248 g/mol. The monoisotopic (exact) mass is 268 g/mol. The predicted octanol–water partition coefficient (Wildman–Crippen LogP) is 1.71. The number of anilines is 2. The SMILES string of the molecule is CN(C)c1nc(N)c(C(=O)NCCCC2CC2)s1. The molecule has 0 atom stereocenters. The van der Waals surface area contributed by atoms with E-state index in [2.05, 4.69) is 10.3 Å². The van der Waals surface area contributed by atoms with Crippen LogP contribution in [0.15, 0.2) is 0 Å². The van der Waals surface area contributed by atoms with Crippen molar-refractivity contribution >= 4 is 28.2 Å². The zero-order chi connectivity index (χ0) is 13.1. The number of hydrogen-bond donors (Lipinski definition) is 2. The molecular formula is C12H20N4OS. The van der Waals surface area contributed by atoms with Crippen molar-refractivity contribution in [3.63, 3.8) is 0 Å². The topological polar surface area (TPSA) is 71.2 Å². The van der Waals surface area contributed by atoms with Crippen molar-refractivity contribution < 1.29 is 4.79 Å². The maximum Gasteiger partial charge on any atom is 0.265 e. The number of nitrogens with one attached hydrogen (secondary N) is 1. The molecule has 18 heavy (non-hydrogen) atoms. The van der Waals surface area contributed by atoms with E-state index in [4.69, 9.17) is 5.73 Å². The molecule has 6 heteroatoms. The quantitative estimate of drug-likeness (QED) is 0.771. The van der Waals surface area contributed by atoms with Gasteiger partial charge in [-0.15, -0.1) is 0 Å². The molecule has 1 aromatic heterocycles. The summed E-state index contributed by atoms with van der Waals surface area (Å²) in [5, 5.41) is 3.67. The molecule has 1 saturated carbocycles. The Kier molecular flexibility index (Phi) is 4.06. The molecule has 1 aliphatic rings. The first-order valence-corrected chi connectivity index (χ1v) is 7.11. The number of aromatic nitrogens is 1. The molecule has 1 amide bonds. The van der Waals surface area contributed by atoms with Crippen LogP contribution in [-0.4, -0.2) is 31.5 Å². The van der Waals surface area contributed by atoms with Gasteiger partial charge in [0.25, 0.3) is 5.91 Å². The van der Waals surface area contributed by atoms with Crippen molar-refractivity contribution in [2.75, 3.05) is 31.3 Å². The highest BCUT2D eigenvalue weighted by molar-refractivity contribution is 7.18. The van der Waals surface area contributed by atoms with Gasteiger partial charge in [-0.25, -0.2) is 4.98 Å². The van der Waals surface area contributed by atoms with Gasteiger partial charge in [0.1, 0.15) is 10.7 Å². The van der Waals surface area contributed by atoms with Gasteiger partial charge in [0.05, 0.1) is 0 Å². The number of carbonyl (C=O) groups excluding carboxylic acids is 1. The number of nitrogen functional groups attached to an aromatic ring is 1. The van der Waals surface area contributed by atoms with Crippen molar-refractivity contribution in [1.82, 2.24) is 10.3 Å². The van der Waals surface area contributed by atoms with E-state index in [1.807, 2.05) is 19.0 Å². The van der Waals surface area contributed by atoms with Gasteiger partial charge in [0.15, 0.2) is 5.13 Å². The summed E-state index contributed by atoms with van der Waals surface area (Å²) < 4.78 is 0. The van der Waals surface area contributed by atoms with Crippen LogP contribution in [0, 0.1) is 5.92 Å². The maximum atomic E-state index is 11.9. The van der Waals surface area contributed by atoms with Crippen LogP contribution in [0.25, 0.3) is 0 Å². The zero-order valence-corrected chi connectivity index (χ0v) is 11.7. The number of hydrogen-bond acceptors (Lipinski definition) is 5. The Hall–Kier alpha value is -1.30. The van der Waals surface area contributed by atoms with E-state index in [9.17, 15) is 4.79 Å².